The Bertz CT molecular complexity index is 544. The highest BCUT2D eigenvalue weighted by atomic mass is 16.2. The van der Waals surface area contributed by atoms with E-state index in [1.807, 2.05) is 4.90 Å². The second kappa shape index (κ2) is 10.7. The summed E-state index contributed by atoms with van der Waals surface area (Å²) in [5.74, 6) is 1.69. The maximum Gasteiger partial charge on any atom is 0.222 e. The van der Waals surface area contributed by atoms with Crippen molar-refractivity contribution >= 4 is 11.9 Å². The molecule has 0 aromatic heterocycles. The molecular weight excluding hydrogens is 312 g/mol. The molecule has 1 atom stereocenters. The number of hydrogen-bond donors (Lipinski definition) is 2. The molecule has 1 heterocycles. The van der Waals surface area contributed by atoms with E-state index in [1.165, 1.54) is 5.56 Å². The second-order valence-electron chi connectivity index (χ2n) is 6.63. The van der Waals surface area contributed by atoms with Crippen molar-refractivity contribution in [3.05, 3.63) is 35.9 Å². The lowest BCUT2D eigenvalue weighted by Gasteiger charge is -2.16. The first-order valence-corrected chi connectivity index (χ1v) is 9.55. The zero-order valence-corrected chi connectivity index (χ0v) is 15.6. The van der Waals surface area contributed by atoms with E-state index in [2.05, 4.69) is 59.8 Å². The zero-order valence-electron chi connectivity index (χ0n) is 15.6. The van der Waals surface area contributed by atoms with Crippen LogP contribution in [0.25, 0.3) is 0 Å². The van der Waals surface area contributed by atoms with E-state index in [0.29, 0.717) is 18.2 Å². The van der Waals surface area contributed by atoms with E-state index in [4.69, 9.17) is 0 Å². The lowest BCUT2D eigenvalue weighted by Crippen LogP contribution is -2.38. The Hall–Kier alpha value is -2.04. The third-order valence-electron chi connectivity index (χ3n) is 4.61. The molecule has 1 fully saturated rings. The summed E-state index contributed by atoms with van der Waals surface area (Å²) in [6, 6.07) is 10.6. The summed E-state index contributed by atoms with van der Waals surface area (Å²) in [7, 11) is 0. The Morgan fingerprint density at radius 1 is 1.28 bits per heavy atom. The molecule has 0 aliphatic carbocycles. The molecule has 1 aromatic rings. The van der Waals surface area contributed by atoms with Crippen LogP contribution in [0.15, 0.2) is 35.3 Å². The van der Waals surface area contributed by atoms with Gasteiger partial charge in [0.15, 0.2) is 5.96 Å². The van der Waals surface area contributed by atoms with Crippen LogP contribution in [0.3, 0.4) is 0 Å². The van der Waals surface area contributed by atoms with E-state index in [0.717, 1.165) is 57.9 Å². The van der Waals surface area contributed by atoms with Crippen molar-refractivity contribution < 1.29 is 4.79 Å². The van der Waals surface area contributed by atoms with E-state index in [-0.39, 0.29) is 0 Å². The Kier molecular flexibility index (Phi) is 8.29. The van der Waals surface area contributed by atoms with Crippen LogP contribution in [0.4, 0.5) is 0 Å². The van der Waals surface area contributed by atoms with Gasteiger partial charge in [-0.05, 0) is 37.7 Å². The lowest BCUT2D eigenvalue weighted by molar-refractivity contribution is -0.127. The Balaban J connectivity index is 1.69. The fourth-order valence-electron chi connectivity index (χ4n) is 3.09. The number of likely N-dealkylation sites (tertiary alicyclic amines) is 1. The predicted molar refractivity (Wildman–Crippen MR) is 104 cm³/mol. The molecule has 1 aliphatic rings. The minimum Gasteiger partial charge on any atom is -0.357 e. The molecular formula is C20H32N4O. The van der Waals surface area contributed by atoms with Crippen LogP contribution in [-0.2, 0) is 4.79 Å². The maximum atomic E-state index is 11.6. The van der Waals surface area contributed by atoms with Crippen LogP contribution < -0.4 is 10.6 Å². The van der Waals surface area contributed by atoms with Gasteiger partial charge < -0.3 is 15.5 Å². The number of rotatable bonds is 9. The fraction of sp³-hybridized carbons (Fsp3) is 0.600. The van der Waals surface area contributed by atoms with E-state index in [9.17, 15) is 4.79 Å². The van der Waals surface area contributed by atoms with Gasteiger partial charge in [-0.2, -0.15) is 0 Å². The monoisotopic (exact) mass is 344 g/mol. The smallest absolute Gasteiger partial charge is 0.222 e. The number of nitrogens with zero attached hydrogens (tertiary/aromatic N) is 2. The zero-order chi connectivity index (χ0) is 17.9. The number of guanidine groups is 1. The van der Waals surface area contributed by atoms with Crippen molar-refractivity contribution in [2.45, 2.75) is 45.4 Å². The van der Waals surface area contributed by atoms with Crippen LogP contribution >= 0.6 is 0 Å². The molecule has 5 nitrogen and oxygen atoms in total. The topological polar surface area (TPSA) is 56.7 Å². The summed E-state index contributed by atoms with van der Waals surface area (Å²) in [6.07, 6.45) is 3.71. The molecule has 2 rings (SSSR count). The van der Waals surface area contributed by atoms with Gasteiger partial charge in [0.2, 0.25) is 5.91 Å². The molecule has 5 heteroatoms. The SMILES string of the molecule is CCNC(=NCCCN1CCCC1=O)NCCC(C)c1ccccc1. The molecule has 1 aliphatic heterocycles. The quantitative estimate of drug-likeness (QED) is 0.411. The highest BCUT2D eigenvalue weighted by Crippen LogP contribution is 2.17. The number of amides is 1. The van der Waals surface area contributed by atoms with E-state index < -0.39 is 0 Å². The highest BCUT2D eigenvalue weighted by Gasteiger charge is 2.18. The standard InChI is InChI=1S/C20H32N4O/c1-3-21-20(22-13-8-16-24-15-7-11-19(24)25)23-14-12-17(2)18-9-5-4-6-10-18/h4-6,9-10,17H,3,7-8,11-16H2,1-2H3,(H2,21,22,23). The predicted octanol–water partition coefficient (Wildman–Crippen LogP) is 2.75. The summed E-state index contributed by atoms with van der Waals surface area (Å²) < 4.78 is 0. The molecule has 0 radical (unpaired) electrons. The number of carbonyl (C=O) groups excluding carboxylic acids is 1. The van der Waals surface area contributed by atoms with Crippen molar-refractivity contribution in [2.75, 3.05) is 32.7 Å². The first-order valence-electron chi connectivity index (χ1n) is 9.55. The van der Waals surface area contributed by atoms with Crippen LogP contribution in [-0.4, -0.2) is 49.5 Å². The highest BCUT2D eigenvalue weighted by molar-refractivity contribution is 5.79. The van der Waals surface area contributed by atoms with Crippen LogP contribution in [0.2, 0.25) is 0 Å². The van der Waals surface area contributed by atoms with Crippen molar-refractivity contribution in [3.63, 3.8) is 0 Å². The van der Waals surface area contributed by atoms with Gasteiger partial charge in [0, 0.05) is 39.1 Å². The van der Waals surface area contributed by atoms with E-state index in [1.54, 1.807) is 0 Å². The van der Waals surface area contributed by atoms with Gasteiger partial charge in [-0.1, -0.05) is 37.3 Å². The minimum atomic E-state index is 0.295. The number of benzene rings is 1. The Labute approximate surface area is 151 Å². The summed E-state index contributed by atoms with van der Waals surface area (Å²) in [5.41, 5.74) is 1.38. The largest absolute Gasteiger partial charge is 0.357 e. The number of aliphatic imine (C=N–C) groups is 1. The first-order chi connectivity index (χ1) is 12.2. The van der Waals surface area contributed by atoms with Crippen LogP contribution in [0, 0.1) is 0 Å². The molecule has 1 amide bonds. The summed E-state index contributed by atoms with van der Waals surface area (Å²) in [5, 5.41) is 6.71. The molecule has 0 spiro atoms. The minimum absolute atomic E-state index is 0.295. The first kappa shape index (κ1) is 19.3. The van der Waals surface area contributed by atoms with Gasteiger partial charge in [0.1, 0.15) is 0 Å². The van der Waals surface area contributed by atoms with Crippen molar-refractivity contribution in [2.24, 2.45) is 4.99 Å². The van der Waals surface area contributed by atoms with Gasteiger partial charge in [-0.15, -0.1) is 0 Å². The van der Waals surface area contributed by atoms with Crippen LogP contribution in [0.5, 0.6) is 0 Å². The summed E-state index contributed by atoms with van der Waals surface area (Å²) in [6.45, 7) is 8.57. The fourth-order valence-corrected chi connectivity index (χ4v) is 3.09. The van der Waals surface area contributed by atoms with Crippen molar-refractivity contribution in [1.82, 2.24) is 15.5 Å². The number of nitrogens with one attached hydrogen (secondary N) is 2. The van der Waals surface area contributed by atoms with Crippen molar-refractivity contribution in [3.8, 4) is 0 Å². The average molecular weight is 345 g/mol. The lowest BCUT2D eigenvalue weighted by atomic mass is 9.98. The molecule has 0 bridgehead atoms. The third kappa shape index (κ3) is 6.77. The van der Waals surface area contributed by atoms with Gasteiger partial charge in [0.25, 0.3) is 0 Å². The van der Waals surface area contributed by atoms with Gasteiger partial charge in [-0.3, -0.25) is 9.79 Å². The molecule has 2 N–H and O–H groups in total. The molecule has 1 aromatic carbocycles. The van der Waals surface area contributed by atoms with Gasteiger partial charge in [-0.25, -0.2) is 0 Å². The third-order valence-corrected chi connectivity index (χ3v) is 4.61. The Morgan fingerprint density at radius 2 is 2.08 bits per heavy atom. The van der Waals surface area contributed by atoms with Crippen molar-refractivity contribution in [1.29, 1.82) is 0 Å². The summed E-state index contributed by atoms with van der Waals surface area (Å²) in [4.78, 5) is 18.2. The van der Waals surface area contributed by atoms with Crippen LogP contribution in [0.1, 0.15) is 51.0 Å². The van der Waals surface area contributed by atoms with Gasteiger partial charge >= 0.3 is 0 Å². The average Bonchev–Trinajstić information content (AvgIpc) is 3.04. The second-order valence-corrected chi connectivity index (χ2v) is 6.63. The summed E-state index contributed by atoms with van der Waals surface area (Å²) >= 11 is 0. The molecule has 0 saturated carbocycles. The maximum absolute atomic E-state index is 11.6. The Morgan fingerprint density at radius 3 is 2.76 bits per heavy atom. The molecule has 1 saturated heterocycles. The molecule has 25 heavy (non-hydrogen) atoms. The van der Waals surface area contributed by atoms with E-state index >= 15 is 0 Å². The normalized spacial score (nSPS) is 16.2. The molecule has 138 valence electrons. The number of carbonyl (C=O) groups is 1. The number of hydrogen-bond acceptors (Lipinski definition) is 2. The molecule has 1 unspecified atom stereocenters. The van der Waals surface area contributed by atoms with Gasteiger partial charge in [0.05, 0.1) is 0 Å².